The molecule has 2 aliphatic rings. The molecule has 2 aromatic rings. The monoisotopic (exact) mass is 462 g/mol. The normalized spacial score (nSPS) is 24.4. The Morgan fingerprint density at radius 1 is 1.07 bits per heavy atom. The lowest BCUT2D eigenvalue weighted by atomic mass is 9.98. The summed E-state index contributed by atoms with van der Waals surface area (Å²) in [5, 5.41) is 0. The number of benzene rings is 2. The number of piperidine rings is 1. The fourth-order valence-corrected chi connectivity index (χ4v) is 4.82. The second-order valence-electron chi connectivity index (χ2n) is 8.54. The standard InChI is InChI=1S/C23H28FN2O2.BrH/c1-26(2)20-11-12-21(26)15-22(14-20)28-23(27)25(19-9-4-3-5-10-19)16-17-7-6-8-18(24)13-17;/h3-10,13,20-22H,11-12,14-16H2,1-2H3;1H/q+1;/p-1. The summed E-state index contributed by atoms with van der Waals surface area (Å²) in [6.45, 7) is 0.280. The number of hydrogen-bond acceptors (Lipinski definition) is 2. The van der Waals surface area contributed by atoms with Gasteiger partial charge in [0.05, 0.1) is 32.7 Å². The summed E-state index contributed by atoms with van der Waals surface area (Å²) in [6.07, 6.45) is 3.84. The zero-order valence-corrected chi connectivity index (χ0v) is 18.5. The molecule has 4 rings (SSSR count). The van der Waals surface area contributed by atoms with Gasteiger partial charge in [0.2, 0.25) is 0 Å². The van der Waals surface area contributed by atoms with Gasteiger partial charge in [-0.15, -0.1) is 0 Å². The van der Waals surface area contributed by atoms with Crippen LogP contribution in [0.15, 0.2) is 54.6 Å². The molecule has 2 heterocycles. The lowest BCUT2D eigenvalue weighted by molar-refractivity contribution is -0.931. The summed E-state index contributed by atoms with van der Waals surface area (Å²) in [7, 11) is 4.58. The lowest BCUT2D eigenvalue weighted by Crippen LogP contribution is -3.00. The van der Waals surface area contributed by atoms with Crippen molar-refractivity contribution in [3.05, 3.63) is 66.0 Å². The first-order valence-electron chi connectivity index (χ1n) is 10.0. The second-order valence-corrected chi connectivity index (χ2v) is 8.54. The van der Waals surface area contributed by atoms with Crippen LogP contribution in [0.4, 0.5) is 14.9 Å². The summed E-state index contributed by atoms with van der Waals surface area (Å²) in [5.74, 6) is -0.303. The Hall–Kier alpha value is -1.92. The minimum atomic E-state index is -0.355. The van der Waals surface area contributed by atoms with E-state index < -0.39 is 0 Å². The molecule has 0 aromatic heterocycles. The van der Waals surface area contributed by atoms with Crippen LogP contribution in [0.1, 0.15) is 31.2 Å². The number of carbonyl (C=O) groups excluding carboxylic acids is 1. The Kier molecular flexibility index (Phi) is 6.64. The van der Waals surface area contributed by atoms with Crippen LogP contribution < -0.4 is 21.9 Å². The SMILES string of the molecule is C[N+]1(C)C2CCC1CC(OC(=O)N(Cc1cccc(F)c1)c1ccccc1)C2.[Br-]. The fourth-order valence-electron chi connectivity index (χ4n) is 4.82. The molecule has 156 valence electrons. The highest BCUT2D eigenvalue weighted by Gasteiger charge is 2.50. The van der Waals surface area contributed by atoms with Gasteiger partial charge in [0.1, 0.15) is 11.9 Å². The van der Waals surface area contributed by atoms with E-state index in [0.29, 0.717) is 12.1 Å². The number of carbonyl (C=O) groups is 1. The van der Waals surface area contributed by atoms with Crippen molar-refractivity contribution in [2.75, 3.05) is 19.0 Å². The van der Waals surface area contributed by atoms with Crippen molar-refractivity contribution in [2.45, 2.75) is 50.4 Å². The third kappa shape index (κ3) is 4.64. The first kappa shape index (κ1) is 21.8. The van der Waals surface area contributed by atoms with Gasteiger partial charge in [0.15, 0.2) is 0 Å². The molecule has 29 heavy (non-hydrogen) atoms. The highest BCUT2D eigenvalue weighted by atomic mass is 79.9. The smallest absolute Gasteiger partial charge is 0.414 e. The number of fused-ring (bicyclic) bond motifs is 2. The maximum atomic E-state index is 13.6. The minimum Gasteiger partial charge on any atom is -1.00 e. The largest absolute Gasteiger partial charge is 1.00 e. The number of hydrogen-bond donors (Lipinski definition) is 0. The van der Waals surface area contributed by atoms with Crippen molar-refractivity contribution >= 4 is 11.8 Å². The van der Waals surface area contributed by atoms with Crippen molar-refractivity contribution in [1.82, 2.24) is 0 Å². The summed E-state index contributed by atoms with van der Waals surface area (Å²) < 4.78 is 20.6. The molecule has 6 heteroatoms. The van der Waals surface area contributed by atoms with Crippen LogP contribution in [0.5, 0.6) is 0 Å². The van der Waals surface area contributed by atoms with E-state index in [1.54, 1.807) is 11.0 Å². The van der Waals surface area contributed by atoms with Crippen molar-refractivity contribution < 1.29 is 35.4 Å². The summed E-state index contributed by atoms with van der Waals surface area (Å²) in [6, 6.07) is 16.9. The molecule has 0 N–H and O–H groups in total. The molecule has 2 unspecified atom stereocenters. The zero-order valence-electron chi connectivity index (χ0n) is 16.9. The lowest BCUT2D eigenvalue weighted by Gasteiger charge is -2.44. The van der Waals surface area contributed by atoms with E-state index >= 15 is 0 Å². The summed E-state index contributed by atoms with van der Waals surface area (Å²) in [5.41, 5.74) is 1.49. The van der Waals surface area contributed by atoms with E-state index in [-0.39, 0.29) is 41.5 Å². The number of nitrogens with zero attached hydrogens (tertiary/aromatic N) is 2. The van der Waals surface area contributed by atoms with Gasteiger partial charge in [-0.25, -0.2) is 9.18 Å². The maximum Gasteiger partial charge on any atom is 0.414 e. The third-order valence-corrected chi connectivity index (χ3v) is 6.57. The fraction of sp³-hybridized carbons (Fsp3) is 0.435. The molecule has 1 amide bonds. The first-order chi connectivity index (χ1) is 13.4. The summed E-state index contributed by atoms with van der Waals surface area (Å²) >= 11 is 0. The predicted octanol–water partition coefficient (Wildman–Crippen LogP) is 1.74. The zero-order chi connectivity index (χ0) is 19.7. The van der Waals surface area contributed by atoms with Crippen LogP contribution in [0.25, 0.3) is 0 Å². The highest BCUT2D eigenvalue weighted by molar-refractivity contribution is 5.87. The Balaban J connectivity index is 0.00000240. The van der Waals surface area contributed by atoms with E-state index in [1.165, 1.54) is 25.0 Å². The van der Waals surface area contributed by atoms with E-state index in [4.69, 9.17) is 4.74 Å². The Morgan fingerprint density at radius 3 is 2.34 bits per heavy atom. The second kappa shape index (κ2) is 8.84. The van der Waals surface area contributed by atoms with Crippen molar-refractivity contribution in [2.24, 2.45) is 0 Å². The Morgan fingerprint density at radius 2 is 1.72 bits per heavy atom. The number of ether oxygens (including phenoxy) is 1. The number of rotatable bonds is 4. The molecule has 0 spiro atoms. The number of anilines is 1. The number of amides is 1. The van der Waals surface area contributed by atoms with Gasteiger partial charge in [-0.05, 0) is 29.8 Å². The Labute approximate surface area is 182 Å². The molecular formula is C23H28BrFN2O2. The average Bonchev–Trinajstić information content (AvgIpc) is 2.84. The molecule has 2 aromatic carbocycles. The van der Waals surface area contributed by atoms with Gasteiger partial charge in [0, 0.05) is 31.4 Å². The van der Waals surface area contributed by atoms with Crippen LogP contribution in [-0.4, -0.2) is 42.9 Å². The average molecular weight is 463 g/mol. The summed E-state index contributed by atoms with van der Waals surface area (Å²) in [4.78, 5) is 14.7. The van der Waals surface area contributed by atoms with Crippen molar-refractivity contribution in [1.29, 1.82) is 0 Å². The predicted molar refractivity (Wildman–Crippen MR) is 107 cm³/mol. The minimum absolute atomic E-state index is 0. The molecule has 2 aliphatic heterocycles. The number of quaternary nitrogens is 1. The van der Waals surface area contributed by atoms with Gasteiger partial charge in [-0.1, -0.05) is 30.3 Å². The van der Waals surface area contributed by atoms with Crippen molar-refractivity contribution in [3.8, 4) is 0 Å². The molecule has 2 atom stereocenters. The molecular weight excluding hydrogens is 435 g/mol. The number of halogens is 2. The van der Waals surface area contributed by atoms with Crippen LogP contribution in [0.3, 0.4) is 0 Å². The van der Waals surface area contributed by atoms with Gasteiger partial charge in [0.25, 0.3) is 0 Å². The first-order valence-corrected chi connectivity index (χ1v) is 10.0. The highest BCUT2D eigenvalue weighted by Crippen LogP contribution is 2.40. The molecule has 0 saturated carbocycles. The molecule has 2 fully saturated rings. The molecule has 2 bridgehead atoms. The van der Waals surface area contributed by atoms with E-state index in [0.717, 1.165) is 28.6 Å². The third-order valence-electron chi connectivity index (χ3n) is 6.57. The van der Waals surface area contributed by atoms with Crippen LogP contribution in [-0.2, 0) is 11.3 Å². The van der Waals surface area contributed by atoms with E-state index in [2.05, 4.69) is 14.1 Å². The maximum absolute atomic E-state index is 13.6. The topological polar surface area (TPSA) is 29.5 Å². The van der Waals surface area contributed by atoms with Gasteiger partial charge >= 0.3 is 6.09 Å². The van der Waals surface area contributed by atoms with Crippen molar-refractivity contribution in [3.63, 3.8) is 0 Å². The number of para-hydroxylation sites is 1. The van der Waals surface area contributed by atoms with Gasteiger partial charge in [-0.2, -0.15) is 0 Å². The van der Waals surface area contributed by atoms with Crippen LogP contribution in [0.2, 0.25) is 0 Å². The van der Waals surface area contributed by atoms with Gasteiger partial charge < -0.3 is 26.2 Å². The Bertz CT molecular complexity index is 830. The molecule has 0 radical (unpaired) electrons. The van der Waals surface area contributed by atoms with E-state index in [1.807, 2.05) is 36.4 Å². The van der Waals surface area contributed by atoms with Gasteiger partial charge in [-0.3, -0.25) is 4.90 Å². The van der Waals surface area contributed by atoms with Crippen LogP contribution >= 0.6 is 0 Å². The molecule has 4 nitrogen and oxygen atoms in total. The van der Waals surface area contributed by atoms with Crippen LogP contribution in [0, 0.1) is 5.82 Å². The molecule has 0 aliphatic carbocycles. The van der Waals surface area contributed by atoms with E-state index in [9.17, 15) is 9.18 Å². The molecule has 2 saturated heterocycles. The quantitative estimate of drug-likeness (QED) is 0.647.